The van der Waals surface area contributed by atoms with E-state index in [1.165, 1.54) is 10.6 Å². The van der Waals surface area contributed by atoms with Crippen molar-refractivity contribution in [1.29, 1.82) is 0 Å². The van der Waals surface area contributed by atoms with Gasteiger partial charge in [0, 0.05) is 43.0 Å². The highest BCUT2D eigenvalue weighted by Gasteiger charge is 2.25. The number of benzene rings is 1. The van der Waals surface area contributed by atoms with Crippen LogP contribution in [-0.2, 0) is 17.8 Å². The number of amides is 2. The lowest BCUT2D eigenvalue weighted by Gasteiger charge is -2.30. The van der Waals surface area contributed by atoms with E-state index < -0.39 is 5.91 Å². The molecule has 124 valence electrons. The molecule has 0 aliphatic carbocycles. The number of hydrogen-bond donors (Lipinski definition) is 1. The Hall–Kier alpha value is -2.89. The van der Waals surface area contributed by atoms with E-state index in [1.54, 1.807) is 35.4 Å². The molecule has 0 fully saturated rings. The maximum Gasteiger partial charge on any atom is 0.250 e. The number of pyridine rings is 1. The van der Waals surface area contributed by atoms with Crippen molar-refractivity contribution in [3.05, 3.63) is 64.1 Å². The standard InChI is InChI=1S/C18H19N3O3/c19-18(24)14-5-3-7-15-13(14)6-4-11-21(15)17(23)9-12-20-10-2-1-8-16(20)22/h1-3,5,7-8,10H,4,6,9,11-12H2,(H2,19,24). The lowest BCUT2D eigenvalue weighted by Crippen LogP contribution is -2.37. The van der Waals surface area contributed by atoms with Crippen LogP contribution in [0.2, 0.25) is 0 Å². The molecular formula is C18H19N3O3. The minimum Gasteiger partial charge on any atom is -0.366 e. The molecule has 0 spiro atoms. The minimum atomic E-state index is -0.475. The quantitative estimate of drug-likeness (QED) is 0.920. The highest BCUT2D eigenvalue weighted by atomic mass is 16.2. The van der Waals surface area contributed by atoms with Crippen molar-refractivity contribution in [3.63, 3.8) is 0 Å². The number of carbonyl (C=O) groups excluding carboxylic acids is 2. The highest BCUT2D eigenvalue weighted by molar-refractivity contribution is 6.00. The van der Waals surface area contributed by atoms with E-state index >= 15 is 0 Å². The van der Waals surface area contributed by atoms with Crippen LogP contribution in [0.1, 0.15) is 28.8 Å². The maximum atomic E-state index is 12.6. The van der Waals surface area contributed by atoms with E-state index in [0.717, 1.165) is 24.1 Å². The summed E-state index contributed by atoms with van der Waals surface area (Å²) >= 11 is 0. The smallest absolute Gasteiger partial charge is 0.250 e. The van der Waals surface area contributed by atoms with Crippen molar-refractivity contribution < 1.29 is 9.59 Å². The first-order chi connectivity index (χ1) is 11.6. The SMILES string of the molecule is NC(=O)c1cccc2c1CCCN2C(=O)CCn1ccccc1=O. The van der Waals surface area contributed by atoms with Crippen LogP contribution >= 0.6 is 0 Å². The summed E-state index contributed by atoms with van der Waals surface area (Å²) < 4.78 is 1.52. The predicted octanol–water partition coefficient (Wildman–Crippen LogP) is 1.32. The third kappa shape index (κ3) is 3.08. The zero-order chi connectivity index (χ0) is 17.1. The summed E-state index contributed by atoms with van der Waals surface area (Å²) in [6.45, 7) is 0.942. The summed E-state index contributed by atoms with van der Waals surface area (Å²) in [7, 11) is 0. The number of primary amides is 1. The van der Waals surface area contributed by atoms with Crippen molar-refractivity contribution >= 4 is 17.5 Å². The first-order valence-electron chi connectivity index (χ1n) is 7.95. The van der Waals surface area contributed by atoms with E-state index in [9.17, 15) is 14.4 Å². The number of anilines is 1. The van der Waals surface area contributed by atoms with Crippen molar-refractivity contribution in [2.24, 2.45) is 5.73 Å². The number of nitrogens with two attached hydrogens (primary N) is 1. The van der Waals surface area contributed by atoms with Gasteiger partial charge in [0.1, 0.15) is 0 Å². The summed E-state index contributed by atoms with van der Waals surface area (Å²) in [6, 6.07) is 10.2. The number of hydrogen-bond acceptors (Lipinski definition) is 3. The largest absolute Gasteiger partial charge is 0.366 e. The van der Waals surface area contributed by atoms with Gasteiger partial charge in [-0.25, -0.2) is 0 Å². The number of aromatic nitrogens is 1. The summed E-state index contributed by atoms with van der Waals surface area (Å²) in [5.41, 5.74) is 7.37. The third-order valence-corrected chi connectivity index (χ3v) is 4.28. The van der Waals surface area contributed by atoms with Gasteiger partial charge in [-0.05, 0) is 36.6 Å². The van der Waals surface area contributed by atoms with Gasteiger partial charge in [-0.15, -0.1) is 0 Å². The molecule has 1 aromatic heterocycles. The number of fused-ring (bicyclic) bond motifs is 1. The van der Waals surface area contributed by atoms with Crippen LogP contribution in [0.3, 0.4) is 0 Å². The molecule has 0 atom stereocenters. The molecule has 1 aromatic carbocycles. The molecule has 2 N–H and O–H groups in total. The summed E-state index contributed by atoms with van der Waals surface area (Å²) in [6.07, 6.45) is 3.42. The van der Waals surface area contributed by atoms with Crippen LogP contribution in [0.25, 0.3) is 0 Å². The second-order valence-corrected chi connectivity index (χ2v) is 5.80. The van der Waals surface area contributed by atoms with Gasteiger partial charge in [-0.3, -0.25) is 14.4 Å². The Balaban J connectivity index is 1.80. The van der Waals surface area contributed by atoms with E-state index in [4.69, 9.17) is 5.73 Å². The van der Waals surface area contributed by atoms with Crippen LogP contribution in [0.15, 0.2) is 47.4 Å². The van der Waals surface area contributed by atoms with Gasteiger partial charge in [0.15, 0.2) is 0 Å². The number of rotatable bonds is 4. The first kappa shape index (κ1) is 16.0. The molecule has 0 saturated carbocycles. The average molecular weight is 325 g/mol. The minimum absolute atomic E-state index is 0.0617. The Kier molecular flexibility index (Phi) is 4.46. The molecule has 6 heteroatoms. The molecule has 0 bridgehead atoms. The van der Waals surface area contributed by atoms with Crippen LogP contribution < -0.4 is 16.2 Å². The zero-order valence-corrected chi connectivity index (χ0v) is 13.3. The summed E-state index contributed by atoms with van der Waals surface area (Å²) in [5, 5.41) is 0. The van der Waals surface area contributed by atoms with Gasteiger partial charge < -0.3 is 15.2 Å². The van der Waals surface area contributed by atoms with Crippen molar-refractivity contribution in [1.82, 2.24) is 4.57 Å². The molecule has 0 radical (unpaired) electrons. The maximum absolute atomic E-state index is 12.6. The first-order valence-corrected chi connectivity index (χ1v) is 7.95. The Morgan fingerprint density at radius 1 is 1.12 bits per heavy atom. The lowest BCUT2D eigenvalue weighted by atomic mass is 9.95. The van der Waals surface area contributed by atoms with Crippen LogP contribution in [0.5, 0.6) is 0 Å². The Morgan fingerprint density at radius 3 is 2.71 bits per heavy atom. The van der Waals surface area contributed by atoms with E-state index in [0.29, 0.717) is 18.7 Å². The topological polar surface area (TPSA) is 85.4 Å². The second kappa shape index (κ2) is 6.70. The highest BCUT2D eigenvalue weighted by Crippen LogP contribution is 2.30. The van der Waals surface area contributed by atoms with Gasteiger partial charge in [0.2, 0.25) is 11.8 Å². The van der Waals surface area contributed by atoms with Crippen molar-refractivity contribution in [2.75, 3.05) is 11.4 Å². The van der Waals surface area contributed by atoms with Gasteiger partial charge in [0.25, 0.3) is 5.56 Å². The summed E-state index contributed by atoms with van der Waals surface area (Å²) in [4.78, 5) is 37.6. The molecule has 2 heterocycles. The molecule has 6 nitrogen and oxygen atoms in total. The average Bonchev–Trinajstić information content (AvgIpc) is 2.59. The molecule has 0 saturated heterocycles. The Labute approximate surface area is 139 Å². The molecule has 24 heavy (non-hydrogen) atoms. The van der Waals surface area contributed by atoms with Gasteiger partial charge in [-0.2, -0.15) is 0 Å². The van der Waals surface area contributed by atoms with Gasteiger partial charge in [-0.1, -0.05) is 12.1 Å². The number of aryl methyl sites for hydroxylation is 1. The fourth-order valence-corrected chi connectivity index (χ4v) is 3.11. The van der Waals surface area contributed by atoms with Crippen LogP contribution in [0, 0.1) is 0 Å². The molecule has 2 amide bonds. The normalized spacial score (nSPS) is 13.4. The predicted molar refractivity (Wildman–Crippen MR) is 91.0 cm³/mol. The third-order valence-electron chi connectivity index (χ3n) is 4.28. The number of nitrogens with zero attached hydrogens (tertiary/aromatic N) is 2. The van der Waals surface area contributed by atoms with Gasteiger partial charge >= 0.3 is 0 Å². The van der Waals surface area contributed by atoms with E-state index in [1.807, 2.05) is 6.07 Å². The van der Waals surface area contributed by atoms with Crippen LogP contribution in [-0.4, -0.2) is 22.9 Å². The fraction of sp³-hybridized carbons (Fsp3) is 0.278. The summed E-state index contributed by atoms with van der Waals surface area (Å²) in [5.74, 6) is -0.537. The zero-order valence-electron chi connectivity index (χ0n) is 13.3. The molecule has 0 unspecified atom stereocenters. The molecular weight excluding hydrogens is 306 g/mol. The molecule has 2 aromatic rings. The molecule has 1 aliphatic rings. The van der Waals surface area contributed by atoms with Crippen molar-refractivity contribution in [2.45, 2.75) is 25.8 Å². The Bertz CT molecular complexity index is 841. The van der Waals surface area contributed by atoms with Gasteiger partial charge in [0.05, 0.1) is 0 Å². The van der Waals surface area contributed by atoms with Crippen molar-refractivity contribution in [3.8, 4) is 0 Å². The molecule has 3 rings (SSSR count). The second-order valence-electron chi connectivity index (χ2n) is 5.80. The molecule has 1 aliphatic heterocycles. The lowest BCUT2D eigenvalue weighted by molar-refractivity contribution is -0.118. The fourth-order valence-electron chi connectivity index (χ4n) is 3.11. The monoisotopic (exact) mass is 325 g/mol. The Morgan fingerprint density at radius 2 is 1.96 bits per heavy atom. The van der Waals surface area contributed by atoms with E-state index in [2.05, 4.69) is 0 Å². The van der Waals surface area contributed by atoms with E-state index in [-0.39, 0.29) is 17.9 Å². The number of carbonyl (C=O) groups is 2. The van der Waals surface area contributed by atoms with Crippen LogP contribution in [0.4, 0.5) is 5.69 Å².